The van der Waals surface area contributed by atoms with Gasteiger partial charge >= 0.3 is 0 Å². The van der Waals surface area contributed by atoms with Gasteiger partial charge in [-0.25, -0.2) is 0 Å². The molecule has 6 heteroatoms. The molecular weight excluding hydrogens is 390 g/mol. The van der Waals surface area contributed by atoms with E-state index in [9.17, 15) is 10.2 Å². The van der Waals surface area contributed by atoms with Crippen molar-refractivity contribution < 1.29 is 15.1 Å². The number of phenols is 1. The summed E-state index contributed by atoms with van der Waals surface area (Å²) in [7, 11) is 0. The van der Waals surface area contributed by atoms with Crippen LogP contribution in [0.4, 0.5) is 0 Å². The average molecular weight is 422 g/mol. The molecule has 0 spiro atoms. The Balaban J connectivity index is 1.52. The highest BCUT2D eigenvalue weighted by atomic mass is 16.6. The maximum Gasteiger partial charge on any atom is 0.142 e. The fraction of sp³-hybridized carbons (Fsp3) is 0.480. The molecule has 0 radical (unpaired) electrons. The Morgan fingerprint density at radius 1 is 1.16 bits per heavy atom. The van der Waals surface area contributed by atoms with Crippen molar-refractivity contribution >= 4 is 5.71 Å². The lowest BCUT2D eigenvalue weighted by Gasteiger charge is -2.36. The molecular formula is C25H31N3O3. The third-order valence-corrected chi connectivity index (χ3v) is 6.73. The number of nitrogens with zero attached hydrogens (tertiary/aromatic N) is 3. The molecule has 2 aliphatic rings. The molecule has 0 bridgehead atoms. The van der Waals surface area contributed by atoms with Crippen molar-refractivity contribution in [2.45, 2.75) is 59.0 Å². The molecule has 164 valence electrons. The Kier molecular flexibility index (Phi) is 6.10. The number of aromatic hydroxyl groups is 1. The third-order valence-electron chi connectivity index (χ3n) is 6.73. The zero-order valence-corrected chi connectivity index (χ0v) is 18.6. The van der Waals surface area contributed by atoms with E-state index in [-0.39, 0.29) is 17.8 Å². The Morgan fingerprint density at radius 3 is 2.65 bits per heavy atom. The van der Waals surface area contributed by atoms with Gasteiger partial charge in [-0.2, -0.15) is 0 Å². The number of phenolic OH excluding ortho intramolecular Hbond substituents is 1. The molecule has 2 N–H and O–H groups in total. The number of aliphatic hydroxyl groups is 1. The molecule has 1 fully saturated rings. The van der Waals surface area contributed by atoms with E-state index in [0.29, 0.717) is 19.2 Å². The molecule has 1 saturated carbocycles. The highest BCUT2D eigenvalue weighted by molar-refractivity contribution is 6.00. The third kappa shape index (κ3) is 4.64. The van der Waals surface area contributed by atoms with Gasteiger partial charge < -0.3 is 15.1 Å². The second-order valence-electron chi connectivity index (χ2n) is 9.20. The van der Waals surface area contributed by atoms with E-state index in [2.05, 4.69) is 28.1 Å². The number of rotatable bonds is 6. The standard InChI is InChI=1S/C25H31N3O3/c1-16-10-21(19-6-8-25(3,14-29)9-7-19)20(12-24(16)30)17(2)28-31-13-18-4-5-22-23(11-18)27-15-26-22/h4-5,10-12,19,29-30H,6-9,13-15H2,1-3H3. The smallest absolute Gasteiger partial charge is 0.142 e. The van der Waals surface area contributed by atoms with Crippen LogP contribution in [0, 0.1) is 12.3 Å². The van der Waals surface area contributed by atoms with Gasteiger partial charge in [-0.3, -0.25) is 9.98 Å². The van der Waals surface area contributed by atoms with Crippen LogP contribution in [0.25, 0.3) is 0 Å². The first-order valence-electron chi connectivity index (χ1n) is 11.0. The van der Waals surface area contributed by atoms with Crippen molar-refractivity contribution in [2.24, 2.45) is 20.6 Å². The monoisotopic (exact) mass is 421 g/mol. The Labute approximate surface area is 183 Å². The van der Waals surface area contributed by atoms with Crippen LogP contribution < -0.4 is 10.7 Å². The van der Waals surface area contributed by atoms with Crippen LogP contribution in [0.15, 0.2) is 45.5 Å². The SMILES string of the molecule is CC(=NOCc1ccc2c(c1)=NCN=2)c1cc(O)c(C)cc1C1CCC(C)(CO)CC1. The zero-order chi connectivity index (χ0) is 22.0. The fourth-order valence-corrected chi connectivity index (χ4v) is 4.51. The molecule has 2 aromatic carbocycles. The lowest BCUT2D eigenvalue weighted by Crippen LogP contribution is -2.27. The van der Waals surface area contributed by atoms with E-state index >= 15 is 0 Å². The van der Waals surface area contributed by atoms with Crippen LogP contribution in [-0.4, -0.2) is 29.2 Å². The fourth-order valence-electron chi connectivity index (χ4n) is 4.51. The summed E-state index contributed by atoms with van der Waals surface area (Å²) in [6.45, 7) is 7.09. The summed E-state index contributed by atoms with van der Waals surface area (Å²) in [5, 5.41) is 26.2. The number of hydrogen-bond acceptors (Lipinski definition) is 6. The van der Waals surface area contributed by atoms with Crippen LogP contribution in [0.1, 0.15) is 67.7 Å². The van der Waals surface area contributed by atoms with E-state index in [4.69, 9.17) is 4.84 Å². The Hall–Kier alpha value is -2.73. The van der Waals surface area contributed by atoms with Gasteiger partial charge in [-0.05, 0) is 85.8 Å². The second-order valence-corrected chi connectivity index (χ2v) is 9.20. The maximum absolute atomic E-state index is 10.3. The lowest BCUT2D eigenvalue weighted by molar-refractivity contribution is 0.0934. The predicted molar refractivity (Wildman–Crippen MR) is 120 cm³/mol. The van der Waals surface area contributed by atoms with E-state index in [1.54, 1.807) is 0 Å². The topological polar surface area (TPSA) is 86.8 Å². The normalized spacial score (nSPS) is 23.1. The van der Waals surface area contributed by atoms with Gasteiger partial charge in [0.25, 0.3) is 0 Å². The summed E-state index contributed by atoms with van der Waals surface area (Å²) in [4.78, 5) is 14.3. The highest BCUT2D eigenvalue weighted by Crippen LogP contribution is 2.44. The van der Waals surface area contributed by atoms with Crippen molar-refractivity contribution in [3.63, 3.8) is 0 Å². The van der Waals surface area contributed by atoms with Crippen molar-refractivity contribution in [3.05, 3.63) is 63.3 Å². The molecule has 2 aromatic rings. The van der Waals surface area contributed by atoms with Crippen molar-refractivity contribution in [3.8, 4) is 5.75 Å². The first-order valence-corrected chi connectivity index (χ1v) is 11.0. The van der Waals surface area contributed by atoms with E-state index in [1.807, 2.05) is 38.1 Å². The summed E-state index contributed by atoms with van der Waals surface area (Å²) >= 11 is 0. The van der Waals surface area contributed by atoms with E-state index in [1.165, 1.54) is 5.56 Å². The number of aryl methyl sites for hydroxylation is 1. The van der Waals surface area contributed by atoms with Crippen LogP contribution in [-0.2, 0) is 11.4 Å². The number of aliphatic hydroxyl groups excluding tert-OH is 1. The molecule has 0 atom stereocenters. The summed E-state index contributed by atoms with van der Waals surface area (Å²) in [6.07, 6.45) is 4.03. The van der Waals surface area contributed by atoms with Gasteiger partial charge in [-0.1, -0.05) is 24.2 Å². The predicted octanol–water partition coefficient (Wildman–Crippen LogP) is 3.51. The Bertz CT molecular complexity index is 1120. The molecule has 31 heavy (non-hydrogen) atoms. The molecule has 1 aliphatic heterocycles. The number of fused-ring (bicyclic) bond motifs is 1. The summed E-state index contributed by atoms with van der Waals surface area (Å²) in [5.41, 5.74) is 4.78. The summed E-state index contributed by atoms with van der Waals surface area (Å²) in [6, 6.07) is 9.82. The molecule has 4 rings (SSSR count). The second kappa shape index (κ2) is 8.79. The molecule has 1 aliphatic carbocycles. The largest absolute Gasteiger partial charge is 0.508 e. The van der Waals surface area contributed by atoms with Gasteiger partial charge in [-0.15, -0.1) is 0 Å². The molecule has 0 amide bonds. The summed E-state index contributed by atoms with van der Waals surface area (Å²) in [5.74, 6) is 0.662. The van der Waals surface area contributed by atoms with Gasteiger partial charge in [0.2, 0.25) is 0 Å². The molecule has 1 heterocycles. The Morgan fingerprint density at radius 2 is 1.90 bits per heavy atom. The number of hydrogen-bond donors (Lipinski definition) is 2. The van der Waals surface area contributed by atoms with E-state index in [0.717, 1.165) is 58.8 Å². The number of oxime groups is 1. The van der Waals surface area contributed by atoms with E-state index < -0.39 is 0 Å². The first kappa shape index (κ1) is 21.5. The van der Waals surface area contributed by atoms with Crippen LogP contribution in [0.3, 0.4) is 0 Å². The van der Waals surface area contributed by atoms with Gasteiger partial charge in [0.15, 0.2) is 0 Å². The van der Waals surface area contributed by atoms with Crippen LogP contribution >= 0.6 is 0 Å². The van der Waals surface area contributed by atoms with Crippen molar-refractivity contribution in [1.29, 1.82) is 0 Å². The minimum absolute atomic E-state index is 0.0182. The van der Waals surface area contributed by atoms with Crippen molar-refractivity contribution in [2.75, 3.05) is 13.3 Å². The van der Waals surface area contributed by atoms with Gasteiger partial charge in [0.1, 0.15) is 19.0 Å². The molecule has 6 nitrogen and oxygen atoms in total. The highest BCUT2D eigenvalue weighted by Gasteiger charge is 2.32. The van der Waals surface area contributed by atoms with Crippen LogP contribution in [0.2, 0.25) is 0 Å². The quantitative estimate of drug-likeness (QED) is 0.553. The van der Waals surface area contributed by atoms with Crippen LogP contribution in [0.5, 0.6) is 5.75 Å². The maximum atomic E-state index is 10.3. The first-order chi connectivity index (χ1) is 14.9. The average Bonchev–Trinajstić information content (AvgIpc) is 3.24. The number of benzene rings is 2. The molecule has 0 aromatic heterocycles. The minimum atomic E-state index is 0.0182. The van der Waals surface area contributed by atoms with Gasteiger partial charge in [0, 0.05) is 12.2 Å². The lowest BCUT2D eigenvalue weighted by atomic mass is 9.69. The zero-order valence-electron chi connectivity index (χ0n) is 18.6. The minimum Gasteiger partial charge on any atom is -0.508 e. The summed E-state index contributed by atoms with van der Waals surface area (Å²) < 4.78 is 0. The van der Waals surface area contributed by atoms with Crippen molar-refractivity contribution in [1.82, 2.24) is 0 Å². The molecule has 0 unspecified atom stereocenters. The molecule has 0 saturated heterocycles. The van der Waals surface area contributed by atoms with Gasteiger partial charge in [0.05, 0.1) is 16.4 Å².